The maximum Gasteiger partial charge on any atom is 0.183 e. The van der Waals surface area contributed by atoms with Gasteiger partial charge in [0.05, 0.1) is 17.8 Å². The minimum absolute atomic E-state index is 0.0889. The van der Waals surface area contributed by atoms with Crippen molar-refractivity contribution in [2.45, 2.75) is 17.1 Å². The van der Waals surface area contributed by atoms with Gasteiger partial charge in [0.1, 0.15) is 5.75 Å². The molecule has 0 amide bonds. The molecule has 0 spiro atoms. The number of hydrogen-bond donors (Lipinski definition) is 1. The summed E-state index contributed by atoms with van der Waals surface area (Å²) in [6, 6.07) is 12.1. The Morgan fingerprint density at radius 2 is 1.81 bits per heavy atom. The minimum Gasteiger partial charge on any atom is -0.497 e. The van der Waals surface area contributed by atoms with Gasteiger partial charge in [0.15, 0.2) is 9.84 Å². The number of sulfone groups is 1. The molecule has 0 aliphatic heterocycles. The van der Waals surface area contributed by atoms with Gasteiger partial charge in [-0.25, -0.2) is 8.42 Å². The number of aromatic nitrogens is 1. The van der Waals surface area contributed by atoms with E-state index in [0.717, 1.165) is 29.4 Å². The Balaban J connectivity index is 2.00. The van der Waals surface area contributed by atoms with Gasteiger partial charge in [-0.15, -0.1) is 0 Å². The Bertz CT molecular complexity index is 1040. The molecule has 1 heterocycles. The molecule has 0 saturated carbocycles. The van der Waals surface area contributed by atoms with E-state index in [4.69, 9.17) is 16.3 Å². The van der Waals surface area contributed by atoms with E-state index in [1.807, 2.05) is 26.2 Å². The monoisotopic (exact) mass is 406 g/mol. The van der Waals surface area contributed by atoms with Gasteiger partial charge in [0, 0.05) is 28.2 Å². The van der Waals surface area contributed by atoms with Crippen molar-refractivity contribution < 1.29 is 13.2 Å². The third-order valence-electron chi connectivity index (χ3n) is 4.52. The highest BCUT2D eigenvalue weighted by atomic mass is 35.5. The molecule has 3 aromatic rings. The largest absolute Gasteiger partial charge is 0.497 e. The molecule has 2 aromatic carbocycles. The van der Waals surface area contributed by atoms with Gasteiger partial charge in [0.25, 0.3) is 0 Å². The van der Waals surface area contributed by atoms with Crippen LogP contribution in [0.15, 0.2) is 47.4 Å². The first-order valence-corrected chi connectivity index (χ1v) is 10.6. The minimum atomic E-state index is -3.49. The fraction of sp³-hybridized carbons (Fsp3) is 0.300. The van der Waals surface area contributed by atoms with E-state index in [1.54, 1.807) is 37.4 Å². The topological polar surface area (TPSA) is 62.4 Å². The molecule has 1 aromatic heterocycles. The predicted octanol–water partition coefficient (Wildman–Crippen LogP) is 3.91. The van der Waals surface area contributed by atoms with Gasteiger partial charge < -0.3 is 14.6 Å². The van der Waals surface area contributed by atoms with Crippen molar-refractivity contribution in [1.82, 2.24) is 9.88 Å². The number of nitrogens with zero attached hydrogens (tertiary/aromatic N) is 1. The normalized spacial score (nSPS) is 12.0. The van der Waals surface area contributed by atoms with E-state index in [1.165, 1.54) is 0 Å². The highest BCUT2D eigenvalue weighted by Gasteiger charge is 2.21. The maximum absolute atomic E-state index is 12.9. The summed E-state index contributed by atoms with van der Waals surface area (Å²) in [5.74, 6) is 0.537. The lowest BCUT2D eigenvalue weighted by molar-refractivity contribution is 0.414. The average Bonchev–Trinajstić information content (AvgIpc) is 2.95. The van der Waals surface area contributed by atoms with Gasteiger partial charge in [-0.3, -0.25) is 0 Å². The smallest absolute Gasteiger partial charge is 0.183 e. The number of likely N-dealkylation sites (N-methyl/N-ethyl adjacent to an activating group) is 1. The molecule has 0 radical (unpaired) electrons. The standard InChI is InChI=1S/C20H23ClN2O3S/c1-23(2)11-10-17-18-12-14(21)4-9-19(18)22-20(17)13-27(24,25)16-7-5-15(26-3)6-8-16/h4-9,12,22H,10-11,13H2,1-3H3. The summed E-state index contributed by atoms with van der Waals surface area (Å²) in [7, 11) is 2.05. The van der Waals surface area contributed by atoms with Crippen LogP contribution in [0.2, 0.25) is 5.02 Å². The van der Waals surface area contributed by atoms with Crippen LogP contribution in [0, 0.1) is 0 Å². The number of halogens is 1. The molecule has 27 heavy (non-hydrogen) atoms. The molecule has 0 atom stereocenters. The number of benzene rings is 2. The van der Waals surface area contributed by atoms with Crippen LogP contribution in [0.4, 0.5) is 0 Å². The molecule has 5 nitrogen and oxygen atoms in total. The number of methoxy groups -OCH3 is 1. The van der Waals surface area contributed by atoms with Crippen molar-refractivity contribution in [2.75, 3.05) is 27.7 Å². The Morgan fingerprint density at radius 3 is 2.44 bits per heavy atom. The Labute approximate surface area is 164 Å². The average molecular weight is 407 g/mol. The van der Waals surface area contributed by atoms with Crippen molar-refractivity contribution in [3.05, 3.63) is 58.7 Å². The van der Waals surface area contributed by atoms with Crippen LogP contribution in [-0.4, -0.2) is 46.1 Å². The van der Waals surface area contributed by atoms with E-state index >= 15 is 0 Å². The molecule has 3 rings (SSSR count). The SMILES string of the molecule is COc1ccc(S(=O)(=O)Cc2[nH]c3ccc(Cl)cc3c2CCN(C)C)cc1. The van der Waals surface area contributed by atoms with Crippen LogP contribution in [0.1, 0.15) is 11.3 Å². The van der Waals surface area contributed by atoms with Crippen LogP contribution >= 0.6 is 11.6 Å². The highest BCUT2D eigenvalue weighted by Crippen LogP contribution is 2.29. The second-order valence-corrected chi connectivity index (χ2v) is 9.19. The van der Waals surface area contributed by atoms with E-state index in [2.05, 4.69) is 9.88 Å². The lowest BCUT2D eigenvalue weighted by Crippen LogP contribution is -2.16. The lowest BCUT2D eigenvalue weighted by atomic mass is 10.1. The van der Waals surface area contributed by atoms with Gasteiger partial charge >= 0.3 is 0 Å². The number of ether oxygens (including phenoxy) is 1. The molecule has 0 saturated heterocycles. The molecule has 0 aliphatic carbocycles. The van der Waals surface area contributed by atoms with Crippen LogP contribution in [-0.2, 0) is 22.0 Å². The van der Waals surface area contributed by atoms with Crippen LogP contribution in [0.25, 0.3) is 10.9 Å². The fourth-order valence-corrected chi connectivity index (χ4v) is 4.59. The first-order valence-electron chi connectivity index (χ1n) is 8.60. The Hall–Kier alpha value is -2.02. The molecule has 1 N–H and O–H groups in total. The van der Waals surface area contributed by atoms with Gasteiger partial charge in [0.2, 0.25) is 0 Å². The summed E-state index contributed by atoms with van der Waals surface area (Å²) in [5.41, 5.74) is 2.61. The van der Waals surface area contributed by atoms with Gasteiger partial charge in [-0.2, -0.15) is 0 Å². The van der Waals surface area contributed by atoms with Crippen molar-refractivity contribution in [2.24, 2.45) is 0 Å². The number of fused-ring (bicyclic) bond motifs is 1. The summed E-state index contributed by atoms with van der Waals surface area (Å²) in [5, 5.41) is 1.61. The zero-order valence-electron chi connectivity index (χ0n) is 15.6. The third kappa shape index (κ3) is 4.46. The molecule has 0 bridgehead atoms. The third-order valence-corrected chi connectivity index (χ3v) is 6.41. The van der Waals surface area contributed by atoms with Crippen molar-refractivity contribution in [1.29, 1.82) is 0 Å². The number of H-pyrrole nitrogens is 1. The molecule has 7 heteroatoms. The summed E-state index contributed by atoms with van der Waals surface area (Å²) < 4.78 is 31.0. The Kier molecular flexibility index (Phi) is 5.79. The van der Waals surface area contributed by atoms with Crippen LogP contribution in [0.5, 0.6) is 5.75 Å². The number of hydrogen-bond acceptors (Lipinski definition) is 4. The molecular formula is C20H23ClN2O3S. The number of aromatic amines is 1. The zero-order chi connectivity index (χ0) is 19.6. The van der Waals surface area contributed by atoms with E-state index in [9.17, 15) is 8.42 Å². The second-order valence-electron chi connectivity index (χ2n) is 6.76. The van der Waals surface area contributed by atoms with Crippen molar-refractivity contribution in [3.63, 3.8) is 0 Å². The first-order chi connectivity index (χ1) is 12.8. The molecule has 0 unspecified atom stereocenters. The molecule has 0 aliphatic rings. The van der Waals surface area contributed by atoms with E-state index in [-0.39, 0.29) is 10.6 Å². The predicted molar refractivity (Wildman–Crippen MR) is 109 cm³/mol. The van der Waals surface area contributed by atoms with Gasteiger partial charge in [-0.1, -0.05) is 11.6 Å². The second kappa shape index (κ2) is 7.92. The summed E-state index contributed by atoms with van der Waals surface area (Å²) in [6.07, 6.45) is 0.737. The quantitative estimate of drug-likeness (QED) is 0.646. The Morgan fingerprint density at radius 1 is 1.11 bits per heavy atom. The van der Waals surface area contributed by atoms with Crippen molar-refractivity contribution >= 4 is 32.3 Å². The van der Waals surface area contributed by atoms with Gasteiger partial charge in [-0.05, 0) is 68.5 Å². The maximum atomic E-state index is 12.9. The zero-order valence-corrected chi connectivity index (χ0v) is 17.2. The van der Waals surface area contributed by atoms with Crippen molar-refractivity contribution in [3.8, 4) is 5.75 Å². The summed E-state index contributed by atoms with van der Waals surface area (Å²) >= 11 is 6.17. The molecular weight excluding hydrogens is 384 g/mol. The van der Waals surface area contributed by atoms with E-state index < -0.39 is 9.84 Å². The number of nitrogens with one attached hydrogen (secondary N) is 1. The first kappa shape index (κ1) is 19.7. The van der Waals surface area contributed by atoms with Crippen LogP contribution < -0.4 is 4.74 Å². The molecule has 0 fully saturated rings. The summed E-state index contributed by atoms with van der Waals surface area (Å²) in [4.78, 5) is 5.63. The highest BCUT2D eigenvalue weighted by molar-refractivity contribution is 7.90. The molecule has 144 valence electrons. The fourth-order valence-electron chi connectivity index (χ4n) is 3.08. The summed E-state index contributed by atoms with van der Waals surface area (Å²) in [6.45, 7) is 0.815. The van der Waals surface area contributed by atoms with Crippen LogP contribution in [0.3, 0.4) is 0 Å². The van der Waals surface area contributed by atoms with E-state index in [0.29, 0.717) is 16.5 Å². The number of rotatable bonds is 7. The lowest BCUT2D eigenvalue weighted by Gasteiger charge is -2.11.